The molecular weight excluding hydrogens is 376 g/mol. The van der Waals surface area contributed by atoms with Crippen LogP contribution in [0.25, 0.3) is 21.9 Å². The van der Waals surface area contributed by atoms with Crippen molar-refractivity contribution in [1.82, 2.24) is 24.6 Å². The molecule has 1 aromatic carbocycles. The van der Waals surface area contributed by atoms with Crippen LogP contribution in [-0.2, 0) is 7.05 Å². The van der Waals surface area contributed by atoms with Crippen LogP contribution in [0.15, 0.2) is 42.9 Å². The van der Waals surface area contributed by atoms with E-state index < -0.39 is 0 Å². The lowest BCUT2D eigenvalue weighted by Crippen LogP contribution is -2.51. The minimum Gasteiger partial charge on any atom is -0.322 e. The molecule has 0 unspecified atom stereocenters. The Kier molecular flexibility index (Phi) is 5.47. The molecule has 0 radical (unpaired) electrons. The van der Waals surface area contributed by atoms with Crippen LogP contribution in [0.2, 0.25) is 0 Å². The summed E-state index contributed by atoms with van der Waals surface area (Å²) >= 11 is 0. The van der Waals surface area contributed by atoms with Gasteiger partial charge in [-0.05, 0) is 28.5 Å². The number of pyridine rings is 1. The number of carbonyl (C=O) groups excluding carboxylic acids is 1. The highest BCUT2D eigenvalue weighted by atomic mass is 16.2. The summed E-state index contributed by atoms with van der Waals surface area (Å²) in [5.41, 5.74) is 2.43. The molecule has 2 aromatic heterocycles. The third-order valence-electron chi connectivity index (χ3n) is 5.35. The lowest BCUT2D eigenvalue weighted by molar-refractivity contribution is 0.118. The molecule has 2 amide bonds. The van der Waals surface area contributed by atoms with Gasteiger partial charge < -0.3 is 4.90 Å². The van der Waals surface area contributed by atoms with Gasteiger partial charge in [-0.1, -0.05) is 32.9 Å². The summed E-state index contributed by atoms with van der Waals surface area (Å²) in [6, 6.07) is 8.07. The summed E-state index contributed by atoms with van der Waals surface area (Å²) in [6.45, 7) is 11.1. The lowest BCUT2D eigenvalue weighted by Gasteiger charge is -2.37. The number of nitrogens with zero attached hydrogens (tertiary/aromatic N) is 5. The van der Waals surface area contributed by atoms with Gasteiger partial charge in [0.2, 0.25) is 0 Å². The van der Waals surface area contributed by atoms with Crippen molar-refractivity contribution in [2.45, 2.75) is 20.8 Å². The molecular formula is C23H30N6O. The molecule has 0 spiro atoms. The van der Waals surface area contributed by atoms with Crippen LogP contribution < -0.4 is 5.32 Å². The van der Waals surface area contributed by atoms with Crippen molar-refractivity contribution >= 4 is 22.6 Å². The van der Waals surface area contributed by atoms with E-state index in [9.17, 15) is 4.79 Å². The van der Waals surface area contributed by atoms with Crippen molar-refractivity contribution in [3.63, 3.8) is 0 Å². The van der Waals surface area contributed by atoms with Crippen LogP contribution >= 0.6 is 0 Å². The van der Waals surface area contributed by atoms with Gasteiger partial charge in [0.1, 0.15) is 5.82 Å². The number of aromatic nitrogens is 3. The number of hydrogen-bond donors (Lipinski definition) is 1. The smallest absolute Gasteiger partial charge is 0.322 e. The first-order chi connectivity index (χ1) is 14.3. The van der Waals surface area contributed by atoms with Gasteiger partial charge in [-0.3, -0.25) is 14.9 Å². The van der Waals surface area contributed by atoms with Crippen molar-refractivity contribution in [3.05, 3.63) is 42.9 Å². The van der Waals surface area contributed by atoms with Crippen LogP contribution in [-0.4, -0.2) is 63.3 Å². The van der Waals surface area contributed by atoms with Crippen molar-refractivity contribution in [2.75, 3.05) is 38.0 Å². The Hall–Kier alpha value is -2.93. The quantitative estimate of drug-likeness (QED) is 0.718. The average molecular weight is 407 g/mol. The predicted octanol–water partition coefficient (Wildman–Crippen LogP) is 3.83. The van der Waals surface area contributed by atoms with Crippen molar-refractivity contribution in [2.24, 2.45) is 12.5 Å². The number of urea groups is 1. The van der Waals surface area contributed by atoms with E-state index in [4.69, 9.17) is 0 Å². The fraction of sp³-hybridized carbons (Fsp3) is 0.435. The van der Waals surface area contributed by atoms with Crippen molar-refractivity contribution in [1.29, 1.82) is 0 Å². The molecule has 3 heterocycles. The number of amides is 2. The monoisotopic (exact) mass is 406 g/mol. The third kappa shape index (κ3) is 4.79. The maximum absolute atomic E-state index is 12.7. The molecule has 1 aliphatic heterocycles. The fourth-order valence-corrected chi connectivity index (χ4v) is 3.93. The molecule has 0 aliphatic carbocycles. The zero-order chi connectivity index (χ0) is 21.3. The summed E-state index contributed by atoms with van der Waals surface area (Å²) in [5, 5.41) is 9.29. The van der Waals surface area contributed by atoms with E-state index in [1.807, 2.05) is 36.5 Å². The van der Waals surface area contributed by atoms with Crippen LogP contribution in [0.4, 0.5) is 10.6 Å². The summed E-state index contributed by atoms with van der Waals surface area (Å²) in [6.07, 6.45) is 5.65. The Morgan fingerprint density at radius 1 is 1.03 bits per heavy atom. The molecule has 7 nitrogen and oxygen atoms in total. The predicted molar refractivity (Wildman–Crippen MR) is 120 cm³/mol. The second kappa shape index (κ2) is 8.07. The van der Waals surface area contributed by atoms with E-state index in [1.165, 1.54) is 0 Å². The first kappa shape index (κ1) is 20.3. The molecule has 3 aromatic rings. The zero-order valence-electron chi connectivity index (χ0n) is 18.2. The van der Waals surface area contributed by atoms with Gasteiger partial charge in [0.05, 0.1) is 6.20 Å². The molecule has 1 aliphatic rings. The number of anilines is 1. The highest BCUT2D eigenvalue weighted by Crippen LogP contribution is 2.25. The van der Waals surface area contributed by atoms with Crippen molar-refractivity contribution < 1.29 is 4.79 Å². The Bertz CT molecular complexity index is 1040. The SMILES string of the molecule is Cn1cc(-c2ccc3cnc(NC(=O)N4CCN(CC(C)(C)C)CC4)cc3c2)cn1. The van der Waals surface area contributed by atoms with Crippen LogP contribution in [0, 0.1) is 5.41 Å². The summed E-state index contributed by atoms with van der Waals surface area (Å²) in [5.74, 6) is 0.577. The van der Waals surface area contributed by atoms with Gasteiger partial charge in [0.15, 0.2) is 0 Å². The van der Waals surface area contributed by atoms with Gasteiger partial charge in [-0.25, -0.2) is 9.78 Å². The van der Waals surface area contributed by atoms with Crippen molar-refractivity contribution in [3.8, 4) is 11.1 Å². The molecule has 30 heavy (non-hydrogen) atoms. The second-order valence-electron chi connectivity index (χ2n) is 9.29. The Morgan fingerprint density at radius 3 is 2.47 bits per heavy atom. The van der Waals surface area contributed by atoms with E-state index in [2.05, 4.69) is 53.2 Å². The normalized spacial score (nSPS) is 15.5. The fourth-order valence-electron chi connectivity index (χ4n) is 3.93. The van der Waals surface area contributed by atoms with Gasteiger partial charge in [0, 0.05) is 63.1 Å². The highest BCUT2D eigenvalue weighted by Gasteiger charge is 2.24. The van der Waals surface area contributed by atoms with E-state index in [0.717, 1.165) is 54.6 Å². The standard InChI is InChI=1S/C23H30N6O/c1-23(2,3)16-28-7-9-29(10-8-28)22(30)26-21-12-19-11-17(5-6-18(19)13-24-21)20-14-25-27(4)15-20/h5-6,11-15H,7-10,16H2,1-4H3,(H,24,26,30). The Labute approximate surface area is 177 Å². The largest absolute Gasteiger partial charge is 0.323 e. The number of piperazine rings is 1. The third-order valence-corrected chi connectivity index (χ3v) is 5.35. The first-order valence-electron chi connectivity index (χ1n) is 10.4. The lowest BCUT2D eigenvalue weighted by atomic mass is 9.96. The van der Waals surface area contributed by atoms with E-state index in [0.29, 0.717) is 5.82 Å². The molecule has 4 rings (SSSR count). The molecule has 0 bridgehead atoms. The highest BCUT2D eigenvalue weighted by molar-refractivity contribution is 5.93. The van der Waals surface area contributed by atoms with Crippen LogP contribution in [0.5, 0.6) is 0 Å². The molecule has 1 fully saturated rings. The number of hydrogen-bond acceptors (Lipinski definition) is 4. The Morgan fingerprint density at radius 2 is 1.80 bits per heavy atom. The zero-order valence-corrected chi connectivity index (χ0v) is 18.2. The van der Waals surface area contributed by atoms with E-state index >= 15 is 0 Å². The van der Waals surface area contributed by atoms with Gasteiger partial charge in [-0.2, -0.15) is 5.10 Å². The average Bonchev–Trinajstić information content (AvgIpc) is 3.13. The molecule has 1 N–H and O–H groups in total. The number of aryl methyl sites for hydroxylation is 1. The first-order valence-corrected chi connectivity index (χ1v) is 10.4. The van der Waals surface area contributed by atoms with Gasteiger partial charge in [-0.15, -0.1) is 0 Å². The molecule has 0 atom stereocenters. The number of nitrogens with one attached hydrogen (secondary N) is 1. The molecule has 0 saturated carbocycles. The molecule has 1 saturated heterocycles. The van der Waals surface area contributed by atoms with Crippen LogP contribution in [0.1, 0.15) is 20.8 Å². The summed E-state index contributed by atoms with van der Waals surface area (Å²) < 4.78 is 1.79. The topological polar surface area (TPSA) is 66.3 Å². The molecule has 7 heteroatoms. The Balaban J connectivity index is 1.43. The second-order valence-corrected chi connectivity index (χ2v) is 9.29. The number of benzene rings is 1. The minimum absolute atomic E-state index is 0.0827. The minimum atomic E-state index is -0.0827. The number of rotatable bonds is 3. The molecule has 158 valence electrons. The van der Waals surface area contributed by atoms with E-state index in [-0.39, 0.29) is 11.4 Å². The summed E-state index contributed by atoms with van der Waals surface area (Å²) in [7, 11) is 1.91. The number of carbonyl (C=O) groups is 1. The van der Waals surface area contributed by atoms with Crippen LogP contribution in [0.3, 0.4) is 0 Å². The maximum Gasteiger partial charge on any atom is 0.323 e. The maximum atomic E-state index is 12.7. The van der Waals surface area contributed by atoms with Gasteiger partial charge >= 0.3 is 6.03 Å². The number of fused-ring (bicyclic) bond motifs is 1. The summed E-state index contributed by atoms with van der Waals surface area (Å²) in [4.78, 5) is 21.5. The van der Waals surface area contributed by atoms with Gasteiger partial charge in [0.25, 0.3) is 0 Å². The van der Waals surface area contributed by atoms with E-state index in [1.54, 1.807) is 10.9 Å².